The maximum absolute atomic E-state index is 13.7. The van der Waals surface area contributed by atoms with E-state index in [0.29, 0.717) is 6.08 Å². The highest BCUT2D eigenvalue weighted by Gasteiger charge is 2.42. The lowest BCUT2D eigenvalue weighted by molar-refractivity contribution is -0.137. The maximum atomic E-state index is 13.7. The molecule has 0 radical (unpaired) electrons. The van der Waals surface area contributed by atoms with Crippen LogP contribution in [0.3, 0.4) is 0 Å². The van der Waals surface area contributed by atoms with E-state index >= 15 is 0 Å². The molecule has 168 valence electrons. The molecule has 2 N–H and O–H groups in total. The van der Waals surface area contributed by atoms with Gasteiger partial charge >= 0.3 is 12.2 Å². The van der Waals surface area contributed by atoms with E-state index in [4.69, 9.17) is 16.3 Å². The van der Waals surface area contributed by atoms with Crippen LogP contribution in [0.5, 0.6) is 11.5 Å². The molecule has 2 aromatic rings. The van der Waals surface area contributed by atoms with Crippen LogP contribution in [-0.4, -0.2) is 17.9 Å². The summed E-state index contributed by atoms with van der Waals surface area (Å²) in [5, 5.41) is 3.89. The van der Waals surface area contributed by atoms with Crippen LogP contribution in [-0.2, 0) is 11.0 Å². The number of carbonyl (C=O) groups is 2. The Bertz CT molecular complexity index is 1080. The number of amides is 3. The van der Waals surface area contributed by atoms with Crippen LogP contribution in [0.15, 0.2) is 66.8 Å². The maximum Gasteiger partial charge on any atom is 0.416 e. The molecule has 0 aromatic heterocycles. The number of alkyl halides is 5. The molecule has 0 saturated carbocycles. The summed E-state index contributed by atoms with van der Waals surface area (Å²) >= 11 is 5.83. The predicted molar refractivity (Wildman–Crippen MR) is 107 cm³/mol. The number of anilines is 1. The minimum atomic E-state index is -4.54. The lowest BCUT2D eigenvalue weighted by Crippen LogP contribution is -2.44. The number of hydrogen-bond acceptors (Lipinski definition) is 3. The third kappa shape index (κ3) is 5.64. The molecule has 3 rings (SSSR count). The van der Waals surface area contributed by atoms with Gasteiger partial charge in [0.2, 0.25) is 5.91 Å². The number of benzene rings is 2. The summed E-state index contributed by atoms with van der Waals surface area (Å²) in [6.07, 6.45) is -0.609. The molecule has 32 heavy (non-hydrogen) atoms. The zero-order valence-electron chi connectivity index (χ0n) is 15.9. The second-order valence-electron chi connectivity index (χ2n) is 6.61. The van der Waals surface area contributed by atoms with Gasteiger partial charge in [-0.25, -0.2) is 13.6 Å². The van der Waals surface area contributed by atoms with E-state index in [9.17, 15) is 31.5 Å². The Labute approximate surface area is 183 Å². The van der Waals surface area contributed by atoms with Gasteiger partial charge < -0.3 is 10.1 Å². The Kier molecular flexibility index (Phi) is 6.54. The molecule has 3 amide bonds. The number of carbonyl (C=O) groups excluding carboxylic acids is 2. The average Bonchev–Trinajstić information content (AvgIpc) is 2.69. The molecule has 0 fully saturated rings. The van der Waals surface area contributed by atoms with Gasteiger partial charge in [-0.05, 0) is 48.5 Å². The van der Waals surface area contributed by atoms with Crippen molar-refractivity contribution in [3.8, 4) is 11.5 Å². The van der Waals surface area contributed by atoms with Gasteiger partial charge in [0.25, 0.3) is 5.92 Å². The number of nitrogens with one attached hydrogen (secondary N) is 2. The van der Waals surface area contributed by atoms with Crippen LogP contribution in [0.25, 0.3) is 0 Å². The molecule has 5 nitrogen and oxygen atoms in total. The second-order valence-corrected chi connectivity index (χ2v) is 7.02. The molecular weight excluding hydrogens is 459 g/mol. The first kappa shape index (κ1) is 23.3. The summed E-state index contributed by atoms with van der Waals surface area (Å²) in [4.78, 5) is 23.9. The number of halogens is 6. The molecule has 1 aliphatic carbocycles. The van der Waals surface area contributed by atoms with Gasteiger partial charge in [-0.3, -0.25) is 10.1 Å². The molecule has 1 atom stereocenters. The van der Waals surface area contributed by atoms with Crippen molar-refractivity contribution in [2.24, 2.45) is 5.92 Å². The van der Waals surface area contributed by atoms with Gasteiger partial charge in [0, 0.05) is 5.69 Å². The molecule has 0 aliphatic heterocycles. The van der Waals surface area contributed by atoms with Gasteiger partial charge in [0.05, 0.1) is 10.6 Å². The van der Waals surface area contributed by atoms with Crippen LogP contribution in [0.1, 0.15) is 5.56 Å². The Hall–Kier alpha value is -3.40. The average molecular weight is 473 g/mol. The van der Waals surface area contributed by atoms with E-state index < -0.39 is 35.5 Å². The fourth-order valence-electron chi connectivity index (χ4n) is 2.70. The van der Waals surface area contributed by atoms with Crippen molar-refractivity contribution in [2.45, 2.75) is 12.1 Å². The van der Waals surface area contributed by atoms with Crippen LogP contribution in [0, 0.1) is 5.92 Å². The zero-order chi connectivity index (χ0) is 23.5. The highest BCUT2D eigenvalue weighted by Crippen LogP contribution is 2.36. The van der Waals surface area contributed by atoms with Crippen LogP contribution < -0.4 is 15.4 Å². The number of urea groups is 1. The van der Waals surface area contributed by atoms with E-state index in [2.05, 4.69) is 5.32 Å². The molecule has 0 bridgehead atoms. The first-order valence-electron chi connectivity index (χ1n) is 8.96. The third-order valence-corrected chi connectivity index (χ3v) is 4.56. The van der Waals surface area contributed by atoms with E-state index in [0.717, 1.165) is 30.4 Å². The van der Waals surface area contributed by atoms with E-state index in [1.54, 1.807) is 0 Å². The van der Waals surface area contributed by atoms with Crippen LogP contribution in [0.4, 0.5) is 32.4 Å². The molecule has 1 unspecified atom stereocenters. The first-order chi connectivity index (χ1) is 15.0. The second kappa shape index (κ2) is 8.99. The van der Waals surface area contributed by atoms with E-state index in [1.807, 2.05) is 5.32 Å². The summed E-state index contributed by atoms with van der Waals surface area (Å²) < 4.78 is 70.9. The summed E-state index contributed by atoms with van der Waals surface area (Å²) in [6.45, 7) is 0. The van der Waals surface area contributed by atoms with Crippen molar-refractivity contribution < 1.29 is 36.3 Å². The Morgan fingerprint density at radius 3 is 2.31 bits per heavy atom. The largest absolute Gasteiger partial charge is 0.456 e. The summed E-state index contributed by atoms with van der Waals surface area (Å²) in [6, 6.07) is 7.11. The minimum Gasteiger partial charge on any atom is -0.456 e. The van der Waals surface area contributed by atoms with Gasteiger partial charge in [-0.2, -0.15) is 13.2 Å². The van der Waals surface area contributed by atoms with Crippen molar-refractivity contribution >= 4 is 29.2 Å². The molecule has 0 heterocycles. The Morgan fingerprint density at radius 1 is 1.03 bits per heavy atom. The molecule has 0 saturated heterocycles. The van der Waals surface area contributed by atoms with Crippen LogP contribution >= 0.6 is 11.6 Å². The highest BCUT2D eigenvalue weighted by molar-refractivity contribution is 6.32. The lowest BCUT2D eigenvalue weighted by atomic mass is 9.96. The Balaban J connectivity index is 1.59. The fourth-order valence-corrected chi connectivity index (χ4v) is 2.92. The molecule has 0 spiro atoms. The summed E-state index contributed by atoms with van der Waals surface area (Å²) in [7, 11) is 0. The van der Waals surface area contributed by atoms with E-state index in [-0.39, 0.29) is 22.2 Å². The number of imide groups is 1. The Morgan fingerprint density at radius 2 is 1.72 bits per heavy atom. The summed E-state index contributed by atoms with van der Waals surface area (Å²) in [5.74, 6) is -6.23. The van der Waals surface area contributed by atoms with Gasteiger partial charge in [0.15, 0.2) is 0 Å². The number of allylic oxidation sites excluding steroid dienone is 3. The lowest BCUT2D eigenvalue weighted by Gasteiger charge is -2.22. The minimum absolute atomic E-state index is 0.0146. The highest BCUT2D eigenvalue weighted by atomic mass is 35.5. The molecule has 1 aliphatic rings. The van der Waals surface area contributed by atoms with Crippen LogP contribution in [0.2, 0.25) is 5.02 Å². The summed E-state index contributed by atoms with van der Waals surface area (Å²) in [5.41, 5.74) is -0.723. The molecule has 2 aromatic carbocycles. The van der Waals surface area contributed by atoms with Crippen molar-refractivity contribution in [3.63, 3.8) is 0 Å². The van der Waals surface area contributed by atoms with Gasteiger partial charge in [0.1, 0.15) is 17.4 Å². The third-order valence-electron chi connectivity index (χ3n) is 4.27. The standard InChI is InChI=1S/C21H14ClF5N2O3/c22-16-11-12(21(25,26)27)4-9-17(16)32-14-7-5-13(6-8-14)28-19(31)29-18(30)15-3-1-2-10-20(15,23)24/h1-11,15H,(H2,28,29,30,31). The quantitative estimate of drug-likeness (QED) is 0.522. The molecular formula is C21H14ClF5N2O3. The topological polar surface area (TPSA) is 67.4 Å². The number of hydrogen-bond donors (Lipinski definition) is 2. The van der Waals surface area contributed by atoms with Gasteiger partial charge in [-0.15, -0.1) is 0 Å². The van der Waals surface area contributed by atoms with Gasteiger partial charge in [-0.1, -0.05) is 29.8 Å². The first-order valence-corrected chi connectivity index (χ1v) is 9.34. The normalized spacial score (nSPS) is 17.0. The number of ether oxygens (including phenoxy) is 1. The van der Waals surface area contributed by atoms with Crippen molar-refractivity contribution in [3.05, 3.63) is 77.4 Å². The smallest absolute Gasteiger partial charge is 0.416 e. The molecule has 11 heteroatoms. The fraction of sp³-hybridized carbons (Fsp3) is 0.143. The van der Waals surface area contributed by atoms with E-state index in [1.165, 1.54) is 30.3 Å². The monoisotopic (exact) mass is 472 g/mol. The van der Waals surface area contributed by atoms with Crippen molar-refractivity contribution in [1.82, 2.24) is 5.32 Å². The zero-order valence-corrected chi connectivity index (χ0v) is 16.7. The van der Waals surface area contributed by atoms with Crippen molar-refractivity contribution in [2.75, 3.05) is 5.32 Å². The predicted octanol–water partition coefficient (Wildman–Crippen LogP) is 6.18. The van der Waals surface area contributed by atoms with Crippen molar-refractivity contribution in [1.29, 1.82) is 0 Å². The number of rotatable bonds is 4. The SMILES string of the molecule is O=C(NC(=O)C1C=CC=CC1(F)F)Nc1ccc(Oc2ccc(C(F)(F)F)cc2Cl)cc1.